The predicted octanol–water partition coefficient (Wildman–Crippen LogP) is 2.77. The average molecular weight is 265 g/mol. The van der Waals surface area contributed by atoms with Crippen LogP contribution < -0.4 is 14.8 Å². The lowest BCUT2D eigenvalue weighted by Crippen LogP contribution is -2.31. The lowest BCUT2D eigenvalue weighted by molar-refractivity contribution is -0.121. The van der Waals surface area contributed by atoms with Crippen LogP contribution in [0.5, 0.6) is 11.5 Å². The zero-order chi connectivity index (χ0) is 14.1. The monoisotopic (exact) mass is 265 g/mol. The van der Waals surface area contributed by atoms with E-state index in [4.69, 9.17) is 9.47 Å². The first-order valence-corrected chi connectivity index (χ1v) is 6.72. The van der Waals surface area contributed by atoms with Crippen LogP contribution in [-0.4, -0.2) is 25.7 Å². The van der Waals surface area contributed by atoms with Crippen LogP contribution >= 0.6 is 0 Å². The molecule has 1 rings (SSSR count). The lowest BCUT2D eigenvalue weighted by Gasteiger charge is -2.11. The van der Waals surface area contributed by atoms with Crippen molar-refractivity contribution in [2.75, 3.05) is 13.7 Å². The van der Waals surface area contributed by atoms with Crippen molar-refractivity contribution in [2.24, 2.45) is 0 Å². The summed E-state index contributed by atoms with van der Waals surface area (Å²) in [4.78, 5) is 11.5. The van der Waals surface area contributed by atoms with Crippen molar-refractivity contribution in [1.82, 2.24) is 5.32 Å². The van der Waals surface area contributed by atoms with Gasteiger partial charge in [-0.3, -0.25) is 4.79 Å². The maximum absolute atomic E-state index is 11.5. The van der Waals surface area contributed by atoms with Gasteiger partial charge in [-0.1, -0.05) is 13.0 Å². The zero-order valence-electron chi connectivity index (χ0n) is 11.9. The van der Waals surface area contributed by atoms with Gasteiger partial charge in [0.2, 0.25) is 5.91 Å². The molecule has 106 valence electrons. The first kappa shape index (κ1) is 15.3. The Bertz CT molecular complexity index is 393. The summed E-state index contributed by atoms with van der Waals surface area (Å²) in [5.74, 6) is 1.62. The summed E-state index contributed by atoms with van der Waals surface area (Å²) in [7, 11) is 1.62. The number of ether oxygens (including phenoxy) is 2. The standard InChI is InChI=1S/C15H23NO3/c1-4-12(2)16-15(17)9-6-10-19-14-8-5-7-13(11-14)18-3/h5,7-8,11-12H,4,6,9-10H2,1-3H3,(H,16,17). The van der Waals surface area contributed by atoms with Gasteiger partial charge in [0.15, 0.2) is 0 Å². The van der Waals surface area contributed by atoms with Gasteiger partial charge in [0.1, 0.15) is 11.5 Å². The van der Waals surface area contributed by atoms with E-state index < -0.39 is 0 Å². The Morgan fingerprint density at radius 1 is 1.37 bits per heavy atom. The first-order chi connectivity index (χ1) is 9.15. The summed E-state index contributed by atoms with van der Waals surface area (Å²) in [6.07, 6.45) is 2.15. The van der Waals surface area contributed by atoms with E-state index in [0.29, 0.717) is 19.4 Å². The first-order valence-electron chi connectivity index (χ1n) is 6.72. The molecular weight excluding hydrogens is 242 g/mol. The minimum Gasteiger partial charge on any atom is -0.497 e. The van der Waals surface area contributed by atoms with Crippen LogP contribution in [0, 0.1) is 0 Å². The van der Waals surface area contributed by atoms with Gasteiger partial charge < -0.3 is 14.8 Å². The van der Waals surface area contributed by atoms with Gasteiger partial charge in [-0.05, 0) is 31.9 Å². The second-order valence-corrected chi connectivity index (χ2v) is 4.51. The molecule has 0 aliphatic carbocycles. The quantitative estimate of drug-likeness (QED) is 0.735. The Labute approximate surface area is 115 Å². The number of hydrogen-bond acceptors (Lipinski definition) is 3. The maximum Gasteiger partial charge on any atom is 0.220 e. The Balaban J connectivity index is 2.21. The number of methoxy groups -OCH3 is 1. The molecule has 1 aromatic carbocycles. The molecule has 0 fully saturated rings. The van der Waals surface area contributed by atoms with Crippen molar-refractivity contribution in [2.45, 2.75) is 39.2 Å². The molecular formula is C15H23NO3. The fraction of sp³-hybridized carbons (Fsp3) is 0.533. The topological polar surface area (TPSA) is 47.6 Å². The third kappa shape index (κ3) is 6.13. The summed E-state index contributed by atoms with van der Waals surface area (Å²) in [5.41, 5.74) is 0. The van der Waals surface area contributed by atoms with Crippen molar-refractivity contribution in [1.29, 1.82) is 0 Å². The van der Waals surface area contributed by atoms with Crippen molar-refractivity contribution >= 4 is 5.91 Å². The highest BCUT2D eigenvalue weighted by Gasteiger charge is 2.05. The van der Waals surface area contributed by atoms with Crippen LogP contribution in [0.15, 0.2) is 24.3 Å². The molecule has 0 bridgehead atoms. The van der Waals surface area contributed by atoms with Gasteiger partial charge in [0.25, 0.3) is 0 Å². The summed E-state index contributed by atoms with van der Waals surface area (Å²) in [6.45, 7) is 4.59. The SMILES string of the molecule is CCC(C)NC(=O)CCCOc1cccc(OC)c1. The van der Waals surface area contributed by atoms with Crippen LogP contribution in [0.1, 0.15) is 33.1 Å². The van der Waals surface area contributed by atoms with Gasteiger partial charge in [0, 0.05) is 18.5 Å². The summed E-state index contributed by atoms with van der Waals surface area (Å²) < 4.78 is 10.7. The van der Waals surface area contributed by atoms with Crippen LogP contribution in [0.4, 0.5) is 0 Å². The Hall–Kier alpha value is -1.71. The predicted molar refractivity (Wildman–Crippen MR) is 75.6 cm³/mol. The minimum atomic E-state index is 0.0867. The highest BCUT2D eigenvalue weighted by Crippen LogP contribution is 2.18. The highest BCUT2D eigenvalue weighted by atomic mass is 16.5. The van der Waals surface area contributed by atoms with E-state index >= 15 is 0 Å². The van der Waals surface area contributed by atoms with Crippen LogP contribution in [0.3, 0.4) is 0 Å². The minimum absolute atomic E-state index is 0.0867. The molecule has 4 heteroatoms. The molecule has 0 spiro atoms. The third-order valence-electron chi connectivity index (χ3n) is 2.88. The van der Waals surface area contributed by atoms with E-state index in [2.05, 4.69) is 12.2 Å². The van der Waals surface area contributed by atoms with Gasteiger partial charge in [-0.2, -0.15) is 0 Å². The number of amides is 1. The van der Waals surface area contributed by atoms with Crippen molar-refractivity contribution in [3.8, 4) is 11.5 Å². The normalized spacial score (nSPS) is 11.7. The van der Waals surface area contributed by atoms with E-state index in [-0.39, 0.29) is 11.9 Å². The molecule has 0 saturated carbocycles. The smallest absolute Gasteiger partial charge is 0.220 e. The molecule has 1 N–H and O–H groups in total. The highest BCUT2D eigenvalue weighted by molar-refractivity contribution is 5.76. The number of carbonyl (C=O) groups excluding carboxylic acids is 1. The van der Waals surface area contributed by atoms with Crippen LogP contribution in [0.25, 0.3) is 0 Å². The molecule has 0 saturated heterocycles. The molecule has 1 unspecified atom stereocenters. The van der Waals surface area contributed by atoms with E-state index in [1.54, 1.807) is 7.11 Å². The number of benzene rings is 1. The Morgan fingerprint density at radius 3 is 2.79 bits per heavy atom. The lowest BCUT2D eigenvalue weighted by atomic mass is 10.2. The molecule has 0 aliphatic rings. The number of nitrogens with one attached hydrogen (secondary N) is 1. The summed E-state index contributed by atoms with van der Waals surface area (Å²) in [5, 5.41) is 2.93. The molecule has 1 amide bonds. The fourth-order valence-corrected chi connectivity index (χ4v) is 1.56. The molecule has 0 radical (unpaired) electrons. The summed E-state index contributed by atoms with van der Waals surface area (Å²) >= 11 is 0. The van der Waals surface area contributed by atoms with E-state index in [1.807, 2.05) is 31.2 Å². The third-order valence-corrected chi connectivity index (χ3v) is 2.88. The van der Waals surface area contributed by atoms with Gasteiger partial charge in [0.05, 0.1) is 13.7 Å². The molecule has 0 aliphatic heterocycles. The van der Waals surface area contributed by atoms with Crippen LogP contribution in [-0.2, 0) is 4.79 Å². The van der Waals surface area contributed by atoms with E-state index in [0.717, 1.165) is 17.9 Å². The molecule has 4 nitrogen and oxygen atoms in total. The van der Waals surface area contributed by atoms with E-state index in [9.17, 15) is 4.79 Å². The van der Waals surface area contributed by atoms with Crippen LogP contribution in [0.2, 0.25) is 0 Å². The number of carbonyl (C=O) groups is 1. The van der Waals surface area contributed by atoms with Gasteiger partial charge in [-0.15, -0.1) is 0 Å². The molecule has 1 atom stereocenters. The zero-order valence-corrected chi connectivity index (χ0v) is 11.9. The largest absolute Gasteiger partial charge is 0.497 e. The Kier molecular flexibility index (Phi) is 6.79. The van der Waals surface area contributed by atoms with Crippen molar-refractivity contribution < 1.29 is 14.3 Å². The van der Waals surface area contributed by atoms with Crippen molar-refractivity contribution in [3.05, 3.63) is 24.3 Å². The average Bonchev–Trinajstić information content (AvgIpc) is 2.43. The summed E-state index contributed by atoms with van der Waals surface area (Å²) in [6, 6.07) is 7.70. The van der Waals surface area contributed by atoms with Gasteiger partial charge in [-0.25, -0.2) is 0 Å². The van der Waals surface area contributed by atoms with E-state index in [1.165, 1.54) is 0 Å². The maximum atomic E-state index is 11.5. The molecule has 19 heavy (non-hydrogen) atoms. The fourth-order valence-electron chi connectivity index (χ4n) is 1.56. The second kappa shape index (κ2) is 8.40. The second-order valence-electron chi connectivity index (χ2n) is 4.51. The molecule has 1 aromatic rings. The molecule has 0 aromatic heterocycles. The number of rotatable bonds is 8. The van der Waals surface area contributed by atoms with Crippen molar-refractivity contribution in [3.63, 3.8) is 0 Å². The Morgan fingerprint density at radius 2 is 2.11 bits per heavy atom. The van der Waals surface area contributed by atoms with Gasteiger partial charge >= 0.3 is 0 Å². The molecule has 0 heterocycles. The number of hydrogen-bond donors (Lipinski definition) is 1.